The average Bonchev–Trinajstić information content (AvgIpc) is 2.96. The van der Waals surface area contributed by atoms with Crippen LogP contribution in [-0.2, 0) is 4.79 Å². The predicted octanol–water partition coefficient (Wildman–Crippen LogP) is 1.08. The van der Waals surface area contributed by atoms with Gasteiger partial charge in [0.25, 0.3) is 0 Å². The van der Waals surface area contributed by atoms with Crippen LogP contribution in [0, 0.1) is 5.92 Å². The average molecular weight is 251 g/mol. The van der Waals surface area contributed by atoms with E-state index in [0.29, 0.717) is 6.54 Å². The highest BCUT2D eigenvalue weighted by Crippen LogP contribution is 2.27. The first-order chi connectivity index (χ1) is 8.49. The van der Waals surface area contributed by atoms with Gasteiger partial charge in [-0.3, -0.25) is 9.89 Å². The van der Waals surface area contributed by atoms with Crippen LogP contribution in [0.2, 0.25) is 0 Å². The molecule has 2 rings (SSSR count). The zero-order valence-electron chi connectivity index (χ0n) is 10.5. The van der Waals surface area contributed by atoms with Gasteiger partial charge in [0.1, 0.15) is 0 Å². The molecule has 0 spiro atoms. The van der Waals surface area contributed by atoms with Crippen LogP contribution in [-0.4, -0.2) is 45.2 Å². The highest BCUT2D eigenvalue weighted by Gasteiger charge is 2.29. The number of carbonyl (C=O) groups is 2. The van der Waals surface area contributed by atoms with E-state index >= 15 is 0 Å². The molecule has 2 N–H and O–H groups in total. The molecule has 1 unspecified atom stereocenters. The largest absolute Gasteiger partial charge is 0.476 e. The maximum atomic E-state index is 11.8. The summed E-state index contributed by atoms with van der Waals surface area (Å²) in [5.41, 5.74) is 0.824. The van der Waals surface area contributed by atoms with Crippen molar-refractivity contribution in [2.45, 2.75) is 26.2 Å². The second-order valence-corrected chi connectivity index (χ2v) is 4.94. The number of nitrogens with zero attached hydrogens (tertiary/aromatic N) is 2. The highest BCUT2D eigenvalue weighted by molar-refractivity contribution is 5.85. The summed E-state index contributed by atoms with van der Waals surface area (Å²) in [7, 11) is 0. The third kappa shape index (κ3) is 2.37. The first-order valence-electron chi connectivity index (χ1n) is 6.06. The van der Waals surface area contributed by atoms with Crippen molar-refractivity contribution in [3.8, 4) is 0 Å². The minimum atomic E-state index is -1.04. The van der Waals surface area contributed by atoms with E-state index in [4.69, 9.17) is 5.11 Å². The van der Waals surface area contributed by atoms with Gasteiger partial charge in [0, 0.05) is 30.6 Å². The Bertz CT molecular complexity index is 467. The molecule has 1 fully saturated rings. The van der Waals surface area contributed by atoms with Crippen LogP contribution in [0.4, 0.5) is 0 Å². The van der Waals surface area contributed by atoms with Gasteiger partial charge >= 0.3 is 5.97 Å². The molecule has 2 heterocycles. The number of aromatic amines is 1. The molecule has 1 amide bonds. The lowest BCUT2D eigenvalue weighted by Crippen LogP contribution is -2.31. The van der Waals surface area contributed by atoms with E-state index in [1.165, 1.54) is 0 Å². The lowest BCUT2D eigenvalue weighted by molar-refractivity contribution is -0.133. The van der Waals surface area contributed by atoms with Crippen LogP contribution in [0.1, 0.15) is 42.4 Å². The van der Waals surface area contributed by atoms with Crippen molar-refractivity contribution in [1.29, 1.82) is 0 Å². The molecule has 6 heteroatoms. The Morgan fingerprint density at radius 3 is 2.83 bits per heavy atom. The smallest absolute Gasteiger partial charge is 0.356 e. The number of hydrogen-bond donors (Lipinski definition) is 2. The van der Waals surface area contributed by atoms with Gasteiger partial charge in [0.2, 0.25) is 5.91 Å². The maximum Gasteiger partial charge on any atom is 0.356 e. The van der Waals surface area contributed by atoms with E-state index < -0.39 is 5.97 Å². The molecule has 1 aromatic rings. The van der Waals surface area contributed by atoms with Gasteiger partial charge < -0.3 is 10.0 Å². The molecule has 6 nitrogen and oxygen atoms in total. The third-order valence-corrected chi connectivity index (χ3v) is 3.25. The molecule has 0 bridgehead atoms. The number of aromatic nitrogens is 2. The molecule has 0 aromatic carbocycles. The van der Waals surface area contributed by atoms with Crippen LogP contribution < -0.4 is 0 Å². The number of rotatable bonds is 3. The SMILES string of the molecule is CC(C)C(=O)N1CCC(c2cc(C(=O)O)n[nH]2)C1. The van der Waals surface area contributed by atoms with Crippen molar-refractivity contribution in [3.05, 3.63) is 17.5 Å². The van der Waals surface area contributed by atoms with Gasteiger partial charge in [-0.05, 0) is 12.5 Å². The van der Waals surface area contributed by atoms with Crippen LogP contribution in [0.5, 0.6) is 0 Å². The van der Waals surface area contributed by atoms with E-state index in [1.54, 1.807) is 6.07 Å². The minimum absolute atomic E-state index is 0.0000902. The fraction of sp³-hybridized carbons (Fsp3) is 0.583. The summed E-state index contributed by atoms with van der Waals surface area (Å²) >= 11 is 0. The summed E-state index contributed by atoms with van der Waals surface area (Å²) in [5, 5.41) is 15.3. The zero-order valence-corrected chi connectivity index (χ0v) is 10.5. The Kier molecular flexibility index (Phi) is 3.36. The summed E-state index contributed by atoms with van der Waals surface area (Å²) in [5.74, 6) is -0.727. The number of nitrogens with one attached hydrogen (secondary N) is 1. The van der Waals surface area contributed by atoms with Gasteiger partial charge in [-0.2, -0.15) is 5.10 Å². The summed E-state index contributed by atoms with van der Waals surface area (Å²) in [6, 6.07) is 1.55. The lowest BCUT2D eigenvalue weighted by atomic mass is 10.1. The summed E-state index contributed by atoms with van der Waals surface area (Å²) in [6.45, 7) is 5.13. The van der Waals surface area contributed by atoms with Crippen LogP contribution in [0.15, 0.2) is 6.07 Å². The number of aromatic carboxylic acids is 1. The van der Waals surface area contributed by atoms with Crippen molar-refractivity contribution in [1.82, 2.24) is 15.1 Å². The first kappa shape index (κ1) is 12.6. The summed E-state index contributed by atoms with van der Waals surface area (Å²) < 4.78 is 0. The number of carboxylic acid groups (broad SMARTS) is 1. The van der Waals surface area contributed by atoms with E-state index in [9.17, 15) is 9.59 Å². The van der Waals surface area contributed by atoms with E-state index in [1.807, 2.05) is 18.7 Å². The number of carbonyl (C=O) groups excluding carboxylic acids is 1. The number of likely N-dealkylation sites (tertiary alicyclic amines) is 1. The predicted molar refractivity (Wildman–Crippen MR) is 64.3 cm³/mol. The van der Waals surface area contributed by atoms with E-state index in [0.717, 1.165) is 18.7 Å². The Morgan fingerprint density at radius 2 is 2.28 bits per heavy atom. The monoisotopic (exact) mass is 251 g/mol. The normalized spacial score (nSPS) is 19.5. The molecule has 18 heavy (non-hydrogen) atoms. The van der Waals surface area contributed by atoms with Crippen molar-refractivity contribution in [2.75, 3.05) is 13.1 Å². The van der Waals surface area contributed by atoms with Crippen molar-refractivity contribution in [2.24, 2.45) is 5.92 Å². The molecule has 98 valence electrons. The van der Waals surface area contributed by atoms with Crippen molar-refractivity contribution >= 4 is 11.9 Å². The van der Waals surface area contributed by atoms with Crippen LogP contribution >= 0.6 is 0 Å². The molecule has 1 aliphatic heterocycles. The molecule has 1 aromatic heterocycles. The van der Waals surface area contributed by atoms with Crippen molar-refractivity contribution in [3.63, 3.8) is 0 Å². The fourth-order valence-electron chi connectivity index (χ4n) is 2.23. The van der Waals surface area contributed by atoms with Crippen molar-refractivity contribution < 1.29 is 14.7 Å². The molecular weight excluding hydrogens is 234 g/mol. The molecule has 0 saturated carbocycles. The topological polar surface area (TPSA) is 86.3 Å². The molecule has 1 saturated heterocycles. The summed E-state index contributed by atoms with van der Waals surface area (Å²) in [6.07, 6.45) is 0.847. The number of H-pyrrole nitrogens is 1. The quantitative estimate of drug-likeness (QED) is 0.841. The zero-order chi connectivity index (χ0) is 13.3. The van der Waals surface area contributed by atoms with E-state index in [-0.39, 0.29) is 23.4 Å². The molecule has 1 atom stereocenters. The minimum Gasteiger partial charge on any atom is -0.476 e. The van der Waals surface area contributed by atoms with Gasteiger partial charge in [0.15, 0.2) is 5.69 Å². The number of carboxylic acids is 1. The van der Waals surface area contributed by atoms with E-state index in [2.05, 4.69) is 10.2 Å². The second-order valence-electron chi connectivity index (χ2n) is 4.94. The standard InChI is InChI=1S/C12H17N3O3/c1-7(2)11(16)15-4-3-8(6-15)9-5-10(12(17)18)14-13-9/h5,7-8H,3-4,6H2,1-2H3,(H,13,14)(H,17,18). The number of amides is 1. The van der Waals surface area contributed by atoms with Gasteiger partial charge in [-0.25, -0.2) is 4.79 Å². The van der Waals surface area contributed by atoms with Crippen LogP contribution in [0.25, 0.3) is 0 Å². The Balaban J connectivity index is 2.04. The number of hydrogen-bond acceptors (Lipinski definition) is 3. The molecule has 0 aliphatic carbocycles. The maximum absolute atomic E-state index is 11.8. The lowest BCUT2D eigenvalue weighted by Gasteiger charge is -2.18. The highest BCUT2D eigenvalue weighted by atomic mass is 16.4. The molecule has 1 aliphatic rings. The first-order valence-corrected chi connectivity index (χ1v) is 6.06. The van der Waals surface area contributed by atoms with Gasteiger partial charge in [0.05, 0.1) is 0 Å². The van der Waals surface area contributed by atoms with Gasteiger partial charge in [-0.15, -0.1) is 0 Å². The molecule has 0 radical (unpaired) electrons. The second kappa shape index (κ2) is 4.80. The van der Waals surface area contributed by atoms with Gasteiger partial charge in [-0.1, -0.05) is 13.8 Å². The molecular formula is C12H17N3O3. The summed E-state index contributed by atoms with van der Waals surface area (Å²) in [4.78, 5) is 24.4. The Labute approximate surface area is 105 Å². The third-order valence-electron chi connectivity index (χ3n) is 3.25. The Morgan fingerprint density at radius 1 is 1.56 bits per heavy atom. The fourth-order valence-corrected chi connectivity index (χ4v) is 2.23. The van der Waals surface area contributed by atoms with Crippen LogP contribution in [0.3, 0.4) is 0 Å². The Hall–Kier alpha value is -1.85.